The van der Waals surface area contributed by atoms with Crippen LogP contribution in [0.5, 0.6) is 0 Å². The molecule has 176 valence electrons. The Morgan fingerprint density at radius 2 is 2.12 bits per heavy atom. The van der Waals surface area contributed by atoms with Crippen molar-refractivity contribution in [2.45, 2.75) is 30.8 Å². The molecule has 11 nitrogen and oxygen atoms in total. The summed E-state index contributed by atoms with van der Waals surface area (Å²) in [6, 6.07) is 9.43. The van der Waals surface area contributed by atoms with Crippen LogP contribution in [0.15, 0.2) is 56.0 Å². The number of nitrogens with one attached hydrogen (secondary N) is 1. The summed E-state index contributed by atoms with van der Waals surface area (Å²) < 4.78 is 34.6. The molecule has 0 saturated carbocycles. The maximum Gasteiger partial charge on any atom is 0.420 e. The van der Waals surface area contributed by atoms with E-state index >= 15 is 0 Å². The van der Waals surface area contributed by atoms with E-state index in [9.17, 15) is 23.1 Å². The number of rotatable bonds is 5. The normalized spacial score (nSPS) is 14.7. The van der Waals surface area contributed by atoms with Gasteiger partial charge in [0, 0.05) is 19.2 Å². The molecule has 13 heteroatoms. The Kier molecular flexibility index (Phi) is 5.37. The van der Waals surface area contributed by atoms with Gasteiger partial charge < -0.3 is 14.4 Å². The van der Waals surface area contributed by atoms with Crippen molar-refractivity contribution < 1.29 is 22.7 Å². The number of aromatic nitrogens is 3. The lowest BCUT2D eigenvalue weighted by molar-refractivity contribution is 0.139. The number of sulfonamides is 1. The third kappa shape index (κ3) is 3.82. The van der Waals surface area contributed by atoms with Crippen LogP contribution in [0, 0.1) is 0 Å². The zero-order valence-electron chi connectivity index (χ0n) is 17.8. The third-order valence-corrected chi connectivity index (χ3v) is 7.97. The number of hydrogen-bond donors (Lipinski definition) is 2. The van der Waals surface area contributed by atoms with Crippen LogP contribution in [0.4, 0.5) is 9.93 Å². The Hall–Kier alpha value is -3.71. The first-order chi connectivity index (χ1) is 16.2. The van der Waals surface area contributed by atoms with E-state index in [-0.39, 0.29) is 22.2 Å². The first kappa shape index (κ1) is 22.1. The van der Waals surface area contributed by atoms with Crippen LogP contribution in [0.25, 0.3) is 11.1 Å². The average Bonchev–Trinajstić information content (AvgIpc) is 3.43. The fourth-order valence-electron chi connectivity index (χ4n) is 4.24. The number of benzene rings is 2. The van der Waals surface area contributed by atoms with E-state index < -0.39 is 27.9 Å². The van der Waals surface area contributed by atoms with Crippen molar-refractivity contribution in [1.29, 1.82) is 0 Å². The lowest BCUT2D eigenvalue weighted by atomic mass is 9.91. The van der Waals surface area contributed by atoms with Gasteiger partial charge in [-0.15, -0.1) is 10.2 Å². The van der Waals surface area contributed by atoms with Gasteiger partial charge in [-0.1, -0.05) is 29.5 Å². The fourth-order valence-corrected chi connectivity index (χ4v) is 5.95. The largest absolute Gasteiger partial charge is 0.465 e. The average molecular weight is 502 g/mol. The molecular formula is C21H19N5O6S2. The van der Waals surface area contributed by atoms with Crippen molar-refractivity contribution in [3.8, 4) is 0 Å². The molecule has 4 aromatic rings. The molecule has 0 saturated heterocycles. The summed E-state index contributed by atoms with van der Waals surface area (Å²) in [4.78, 5) is 25.6. The number of carboxylic acid groups (broad SMARTS) is 1. The Morgan fingerprint density at radius 1 is 1.29 bits per heavy atom. The third-order valence-electron chi connectivity index (χ3n) is 5.89. The molecule has 34 heavy (non-hydrogen) atoms. The van der Waals surface area contributed by atoms with Crippen molar-refractivity contribution in [1.82, 2.24) is 19.7 Å². The highest BCUT2D eigenvalue weighted by Crippen LogP contribution is 2.31. The van der Waals surface area contributed by atoms with E-state index in [0.29, 0.717) is 18.5 Å². The molecule has 5 rings (SSSR count). The standard InChI is InChI=1S/C21H19N5O6S2/c1-12(15-4-2-3-13-7-8-25(20(27)28)10-16(13)15)26-17-6-5-14(9-18(17)32-21(26)29)34(30,31)24-19-23-22-11-33-19/h2-6,9,11-12H,7-8,10H2,1H3,(H,23,24)(H,27,28). The van der Waals surface area contributed by atoms with Crippen LogP contribution in [-0.2, 0) is 23.0 Å². The first-order valence-electron chi connectivity index (χ1n) is 10.3. The number of oxazole rings is 1. The molecule has 0 bridgehead atoms. The maximum atomic E-state index is 12.8. The molecule has 2 aromatic heterocycles. The van der Waals surface area contributed by atoms with E-state index in [4.69, 9.17) is 4.42 Å². The van der Waals surface area contributed by atoms with Crippen molar-refractivity contribution in [3.63, 3.8) is 0 Å². The van der Waals surface area contributed by atoms with Gasteiger partial charge in [0.05, 0.1) is 16.5 Å². The van der Waals surface area contributed by atoms with Gasteiger partial charge >= 0.3 is 11.8 Å². The Bertz CT molecular complexity index is 1560. The van der Waals surface area contributed by atoms with Gasteiger partial charge in [0.25, 0.3) is 10.0 Å². The number of anilines is 1. The summed E-state index contributed by atoms with van der Waals surface area (Å²) in [5, 5.41) is 16.8. The predicted molar refractivity (Wildman–Crippen MR) is 124 cm³/mol. The van der Waals surface area contributed by atoms with Gasteiger partial charge in [0.1, 0.15) is 5.51 Å². The lowest BCUT2D eigenvalue weighted by Crippen LogP contribution is -2.35. The molecular weight excluding hydrogens is 482 g/mol. The summed E-state index contributed by atoms with van der Waals surface area (Å²) in [6.45, 7) is 2.47. The van der Waals surface area contributed by atoms with Gasteiger partial charge in [-0.25, -0.2) is 18.0 Å². The summed E-state index contributed by atoms with van der Waals surface area (Å²) in [6.07, 6.45) is -0.401. The van der Waals surface area contributed by atoms with E-state index in [0.717, 1.165) is 28.0 Å². The minimum atomic E-state index is -3.95. The van der Waals surface area contributed by atoms with Gasteiger partial charge in [0.15, 0.2) is 5.58 Å². The predicted octanol–water partition coefficient (Wildman–Crippen LogP) is 2.89. The van der Waals surface area contributed by atoms with Crippen molar-refractivity contribution in [2.24, 2.45) is 0 Å². The smallest absolute Gasteiger partial charge is 0.420 e. The summed E-state index contributed by atoms with van der Waals surface area (Å²) in [5.74, 6) is -0.641. The Balaban J connectivity index is 1.54. The molecule has 2 aromatic carbocycles. The monoisotopic (exact) mass is 501 g/mol. The molecule has 1 aliphatic heterocycles. The summed E-state index contributed by atoms with van der Waals surface area (Å²) in [7, 11) is -3.95. The van der Waals surface area contributed by atoms with Crippen molar-refractivity contribution in [2.75, 3.05) is 11.3 Å². The number of amides is 1. The fraction of sp³-hybridized carbons (Fsp3) is 0.238. The zero-order valence-corrected chi connectivity index (χ0v) is 19.5. The van der Waals surface area contributed by atoms with E-state index in [1.807, 2.05) is 25.1 Å². The maximum absolute atomic E-state index is 12.8. The quantitative estimate of drug-likeness (QED) is 0.424. The number of fused-ring (bicyclic) bond motifs is 2. The highest BCUT2D eigenvalue weighted by molar-refractivity contribution is 7.93. The number of carbonyl (C=O) groups is 1. The molecule has 0 aliphatic carbocycles. The van der Waals surface area contributed by atoms with Gasteiger partial charge in [-0.05, 0) is 42.2 Å². The molecule has 1 atom stereocenters. The van der Waals surface area contributed by atoms with Gasteiger partial charge in [-0.3, -0.25) is 9.29 Å². The SMILES string of the molecule is CC(c1cccc2c1CN(C(=O)O)CC2)n1c(=O)oc2cc(S(=O)(=O)Nc3nncs3)ccc21. The second kappa shape index (κ2) is 8.25. The van der Waals surface area contributed by atoms with Crippen LogP contribution in [0.1, 0.15) is 29.7 Å². The second-order valence-electron chi connectivity index (χ2n) is 7.83. The molecule has 2 N–H and O–H groups in total. The van der Waals surface area contributed by atoms with E-state index in [1.165, 1.54) is 33.2 Å². The lowest BCUT2D eigenvalue weighted by Gasteiger charge is -2.29. The summed E-state index contributed by atoms with van der Waals surface area (Å²) in [5.41, 5.74) is 4.66. The second-order valence-corrected chi connectivity index (χ2v) is 10.3. The van der Waals surface area contributed by atoms with E-state index in [2.05, 4.69) is 14.9 Å². The molecule has 1 unspecified atom stereocenters. The van der Waals surface area contributed by atoms with Gasteiger partial charge in [0.2, 0.25) is 5.13 Å². The number of hydrogen-bond acceptors (Lipinski definition) is 8. The molecule has 0 fully saturated rings. The van der Waals surface area contributed by atoms with E-state index in [1.54, 1.807) is 0 Å². The van der Waals surface area contributed by atoms with Crippen LogP contribution in [-0.4, -0.2) is 45.8 Å². The highest BCUT2D eigenvalue weighted by Gasteiger charge is 2.27. The van der Waals surface area contributed by atoms with Crippen molar-refractivity contribution in [3.05, 3.63) is 69.1 Å². The summed E-state index contributed by atoms with van der Waals surface area (Å²) >= 11 is 1.04. The Labute approximate surface area is 197 Å². The first-order valence-corrected chi connectivity index (χ1v) is 12.6. The van der Waals surface area contributed by atoms with Crippen molar-refractivity contribution >= 4 is 43.7 Å². The molecule has 1 aliphatic rings. The minimum absolute atomic E-state index is 0.0852. The minimum Gasteiger partial charge on any atom is -0.465 e. The molecule has 0 spiro atoms. The van der Waals surface area contributed by atoms with Crippen LogP contribution >= 0.6 is 11.3 Å². The molecule has 1 amide bonds. The zero-order chi connectivity index (χ0) is 24.0. The molecule has 0 radical (unpaired) electrons. The van der Waals surface area contributed by atoms with Gasteiger partial charge in [-0.2, -0.15) is 0 Å². The Morgan fingerprint density at radius 3 is 2.85 bits per heavy atom. The van der Waals surface area contributed by atoms with Crippen LogP contribution in [0.2, 0.25) is 0 Å². The van der Waals surface area contributed by atoms with Crippen LogP contribution in [0.3, 0.4) is 0 Å². The van der Waals surface area contributed by atoms with Crippen LogP contribution < -0.4 is 10.5 Å². The topological polar surface area (TPSA) is 148 Å². The highest BCUT2D eigenvalue weighted by atomic mass is 32.2. The number of nitrogens with zero attached hydrogens (tertiary/aromatic N) is 4. The molecule has 3 heterocycles.